The summed E-state index contributed by atoms with van der Waals surface area (Å²) in [6.45, 7) is 0.637. The molecule has 20 heavy (non-hydrogen) atoms. The van der Waals surface area contributed by atoms with Gasteiger partial charge in [-0.3, -0.25) is 0 Å². The molecular formula is C16H14BrFO2. The van der Waals surface area contributed by atoms with Gasteiger partial charge in [-0.2, -0.15) is 0 Å². The Morgan fingerprint density at radius 3 is 2.90 bits per heavy atom. The maximum Gasteiger partial charge on any atom is 0.129 e. The van der Waals surface area contributed by atoms with Crippen LogP contribution < -0.4 is 4.74 Å². The predicted octanol–water partition coefficient (Wildman–Crippen LogP) is 3.99. The quantitative estimate of drug-likeness (QED) is 0.898. The Hall–Kier alpha value is -1.39. The molecule has 0 amide bonds. The Balaban J connectivity index is 2.06. The molecule has 0 aromatic heterocycles. The molecule has 0 radical (unpaired) electrons. The minimum atomic E-state index is -1.03. The van der Waals surface area contributed by atoms with Crippen molar-refractivity contribution < 1.29 is 14.2 Å². The van der Waals surface area contributed by atoms with Crippen LogP contribution in [0.5, 0.6) is 5.75 Å². The average Bonchev–Trinajstić information content (AvgIpc) is 2.48. The second-order valence-electron chi connectivity index (χ2n) is 4.86. The number of ether oxygens (including phenoxy) is 1. The highest BCUT2D eigenvalue weighted by molar-refractivity contribution is 9.10. The first kappa shape index (κ1) is 13.6. The van der Waals surface area contributed by atoms with Crippen molar-refractivity contribution in [1.29, 1.82) is 0 Å². The number of fused-ring (bicyclic) bond motifs is 1. The minimum Gasteiger partial charge on any atom is -0.493 e. The molecule has 2 aromatic carbocycles. The first-order valence-electron chi connectivity index (χ1n) is 6.54. The Labute approximate surface area is 125 Å². The molecule has 1 heterocycles. The fourth-order valence-corrected chi connectivity index (χ4v) is 2.90. The third-order valence-electron chi connectivity index (χ3n) is 3.51. The van der Waals surface area contributed by atoms with Crippen molar-refractivity contribution in [1.82, 2.24) is 0 Å². The zero-order valence-corrected chi connectivity index (χ0v) is 12.4. The van der Waals surface area contributed by atoms with Crippen LogP contribution in [0.25, 0.3) is 0 Å². The van der Waals surface area contributed by atoms with Crippen LogP contribution in [0.15, 0.2) is 40.9 Å². The van der Waals surface area contributed by atoms with E-state index in [-0.39, 0.29) is 5.56 Å². The third-order valence-corrected chi connectivity index (χ3v) is 4.00. The molecule has 4 heteroatoms. The van der Waals surface area contributed by atoms with E-state index in [2.05, 4.69) is 15.9 Å². The lowest BCUT2D eigenvalue weighted by molar-refractivity contribution is 0.202. The maximum atomic E-state index is 13.9. The second kappa shape index (κ2) is 5.54. The van der Waals surface area contributed by atoms with Gasteiger partial charge in [0, 0.05) is 15.6 Å². The lowest BCUT2D eigenvalue weighted by atomic mass is 9.95. The number of aliphatic hydroxyl groups excluding tert-OH is 1. The van der Waals surface area contributed by atoms with Crippen LogP contribution in [0.2, 0.25) is 0 Å². The van der Waals surface area contributed by atoms with E-state index in [1.54, 1.807) is 18.2 Å². The normalized spacial score (nSPS) is 15.3. The summed E-state index contributed by atoms with van der Waals surface area (Å²) >= 11 is 3.30. The Morgan fingerprint density at radius 2 is 2.05 bits per heavy atom. The fourth-order valence-electron chi connectivity index (χ4n) is 2.52. The smallest absolute Gasteiger partial charge is 0.129 e. The Kier molecular flexibility index (Phi) is 3.76. The molecule has 104 valence electrons. The van der Waals surface area contributed by atoms with E-state index in [0.29, 0.717) is 17.9 Å². The summed E-state index contributed by atoms with van der Waals surface area (Å²) in [5, 5.41) is 10.5. The number of halogens is 2. The molecule has 0 spiro atoms. The zero-order chi connectivity index (χ0) is 14.1. The highest BCUT2D eigenvalue weighted by Gasteiger charge is 2.22. The van der Waals surface area contributed by atoms with Crippen LogP contribution in [-0.4, -0.2) is 11.7 Å². The summed E-state index contributed by atoms with van der Waals surface area (Å²) in [6.07, 6.45) is 0.870. The molecule has 1 atom stereocenters. The molecule has 1 N–H and O–H groups in total. The molecule has 1 aliphatic heterocycles. The van der Waals surface area contributed by atoms with Crippen molar-refractivity contribution in [3.05, 3.63) is 63.4 Å². The van der Waals surface area contributed by atoms with E-state index in [0.717, 1.165) is 22.9 Å². The summed E-state index contributed by atoms with van der Waals surface area (Å²) in [5.74, 6) is 0.278. The highest BCUT2D eigenvalue weighted by Crippen LogP contribution is 2.36. The van der Waals surface area contributed by atoms with Crippen molar-refractivity contribution >= 4 is 15.9 Å². The van der Waals surface area contributed by atoms with Gasteiger partial charge >= 0.3 is 0 Å². The molecule has 0 aliphatic carbocycles. The number of aryl methyl sites for hydroxylation is 1. The zero-order valence-electron chi connectivity index (χ0n) is 10.8. The van der Waals surface area contributed by atoms with Crippen LogP contribution in [-0.2, 0) is 6.42 Å². The van der Waals surface area contributed by atoms with Crippen LogP contribution in [0, 0.1) is 5.82 Å². The molecule has 0 saturated heterocycles. The van der Waals surface area contributed by atoms with E-state index < -0.39 is 11.9 Å². The largest absolute Gasteiger partial charge is 0.493 e. The number of rotatable bonds is 2. The number of para-hydroxylation sites is 1. The van der Waals surface area contributed by atoms with Crippen LogP contribution in [0.1, 0.15) is 29.2 Å². The molecule has 3 rings (SSSR count). The number of hydrogen-bond acceptors (Lipinski definition) is 2. The summed E-state index contributed by atoms with van der Waals surface area (Å²) in [5.41, 5.74) is 1.95. The van der Waals surface area contributed by atoms with Crippen molar-refractivity contribution in [2.24, 2.45) is 0 Å². The van der Waals surface area contributed by atoms with E-state index in [1.807, 2.05) is 12.1 Å². The van der Waals surface area contributed by atoms with Crippen molar-refractivity contribution in [2.45, 2.75) is 18.9 Å². The summed E-state index contributed by atoms with van der Waals surface area (Å²) in [6, 6.07) is 10.2. The first-order valence-corrected chi connectivity index (χ1v) is 7.33. The van der Waals surface area contributed by atoms with Gasteiger partial charge in [0.15, 0.2) is 0 Å². The molecule has 0 saturated carbocycles. The van der Waals surface area contributed by atoms with Crippen molar-refractivity contribution in [3.8, 4) is 5.75 Å². The second-order valence-corrected chi connectivity index (χ2v) is 5.77. The van der Waals surface area contributed by atoms with Gasteiger partial charge in [0.05, 0.1) is 6.61 Å². The average molecular weight is 337 g/mol. The monoisotopic (exact) mass is 336 g/mol. The van der Waals surface area contributed by atoms with Crippen molar-refractivity contribution in [3.63, 3.8) is 0 Å². The van der Waals surface area contributed by atoms with Gasteiger partial charge in [0.2, 0.25) is 0 Å². The summed E-state index contributed by atoms with van der Waals surface area (Å²) < 4.78 is 20.3. The SMILES string of the molecule is OC(c1cc(Br)ccc1F)c1cccc2c1OCCC2. The summed E-state index contributed by atoms with van der Waals surface area (Å²) in [4.78, 5) is 0. The molecule has 0 bridgehead atoms. The van der Waals surface area contributed by atoms with Crippen molar-refractivity contribution in [2.75, 3.05) is 6.61 Å². The topological polar surface area (TPSA) is 29.5 Å². The number of hydrogen-bond donors (Lipinski definition) is 1. The van der Waals surface area contributed by atoms with Crippen LogP contribution in [0.3, 0.4) is 0 Å². The van der Waals surface area contributed by atoms with E-state index in [9.17, 15) is 9.50 Å². The Morgan fingerprint density at radius 1 is 1.20 bits per heavy atom. The highest BCUT2D eigenvalue weighted by atomic mass is 79.9. The van der Waals surface area contributed by atoms with Gasteiger partial charge in [-0.1, -0.05) is 34.1 Å². The molecule has 2 nitrogen and oxygen atoms in total. The summed E-state index contributed by atoms with van der Waals surface area (Å²) in [7, 11) is 0. The van der Waals surface area contributed by atoms with Crippen LogP contribution >= 0.6 is 15.9 Å². The fraction of sp³-hybridized carbons (Fsp3) is 0.250. The first-order chi connectivity index (χ1) is 9.66. The van der Waals surface area contributed by atoms with Crippen LogP contribution in [0.4, 0.5) is 4.39 Å². The molecular weight excluding hydrogens is 323 g/mol. The van der Waals surface area contributed by atoms with E-state index >= 15 is 0 Å². The predicted molar refractivity (Wildman–Crippen MR) is 78.4 cm³/mol. The lowest BCUT2D eigenvalue weighted by Crippen LogP contribution is -2.13. The number of benzene rings is 2. The molecule has 1 unspecified atom stereocenters. The number of aliphatic hydroxyl groups is 1. The van der Waals surface area contributed by atoms with E-state index in [4.69, 9.17) is 4.74 Å². The Bertz CT molecular complexity index is 642. The molecule has 0 fully saturated rings. The minimum absolute atomic E-state index is 0.252. The van der Waals surface area contributed by atoms with Gasteiger partial charge in [-0.25, -0.2) is 4.39 Å². The lowest BCUT2D eigenvalue weighted by Gasteiger charge is -2.23. The van der Waals surface area contributed by atoms with E-state index in [1.165, 1.54) is 6.07 Å². The van der Waals surface area contributed by atoms with Gasteiger partial charge in [-0.05, 0) is 36.6 Å². The molecule has 2 aromatic rings. The van der Waals surface area contributed by atoms with Gasteiger partial charge < -0.3 is 9.84 Å². The standard InChI is InChI=1S/C16H14BrFO2/c17-11-6-7-14(18)13(9-11)15(19)12-5-1-3-10-4-2-8-20-16(10)12/h1,3,5-7,9,15,19H,2,4,8H2. The third kappa shape index (κ3) is 2.45. The van der Waals surface area contributed by atoms with Gasteiger partial charge in [-0.15, -0.1) is 0 Å². The maximum absolute atomic E-state index is 13.9. The van der Waals surface area contributed by atoms with Gasteiger partial charge in [0.25, 0.3) is 0 Å². The van der Waals surface area contributed by atoms with Gasteiger partial charge in [0.1, 0.15) is 17.7 Å². The molecule has 1 aliphatic rings.